The summed E-state index contributed by atoms with van der Waals surface area (Å²) in [5, 5.41) is -0.473. The van der Waals surface area contributed by atoms with Gasteiger partial charge in [-0.3, -0.25) is 4.57 Å². The Balaban J connectivity index is 1.62. The molecule has 1 saturated carbocycles. The zero-order valence-corrected chi connectivity index (χ0v) is 23.6. The zero-order chi connectivity index (χ0) is 27.9. The van der Waals surface area contributed by atoms with Gasteiger partial charge in [0, 0.05) is 29.5 Å². The maximum atomic E-state index is 15.8. The van der Waals surface area contributed by atoms with E-state index in [4.69, 9.17) is 0 Å². The van der Waals surface area contributed by atoms with Gasteiger partial charge in [0.05, 0.1) is 10.6 Å². The van der Waals surface area contributed by atoms with Gasteiger partial charge in [-0.25, -0.2) is 22.0 Å². The molecule has 0 amide bonds. The quantitative estimate of drug-likeness (QED) is 0.160. The molecule has 0 bridgehead atoms. The molecule has 0 N–H and O–H groups in total. The summed E-state index contributed by atoms with van der Waals surface area (Å²) in [7, 11) is -5.56. The van der Waals surface area contributed by atoms with E-state index in [1.807, 2.05) is 40.8 Å². The van der Waals surface area contributed by atoms with Crippen LogP contribution in [0.2, 0.25) is 0 Å². The van der Waals surface area contributed by atoms with Crippen molar-refractivity contribution in [3.05, 3.63) is 131 Å². The maximum absolute atomic E-state index is 15.8. The molecule has 0 spiro atoms. The first-order valence-electron chi connectivity index (χ1n) is 13.6. The van der Waals surface area contributed by atoms with Crippen LogP contribution >= 0.6 is 15.4 Å². The highest BCUT2D eigenvalue weighted by Gasteiger charge is 2.53. The Kier molecular flexibility index (Phi) is 7.70. The van der Waals surface area contributed by atoms with Crippen molar-refractivity contribution in [2.45, 2.75) is 49.5 Å². The van der Waals surface area contributed by atoms with Crippen LogP contribution in [0.4, 0.5) is 17.6 Å². The average molecular weight is 582 g/mol. The van der Waals surface area contributed by atoms with Crippen molar-refractivity contribution >= 4 is 26.0 Å². The van der Waals surface area contributed by atoms with Gasteiger partial charge in [0.15, 0.2) is 0 Å². The van der Waals surface area contributed by atoms with Gasteiger partial charge in [-0.2, -0.15) is 0 Å². The van der Waals surface area contributed by atoms with Crippen molar-refractivity contribution in [2.24, 2.45) is 0 Å². The van der Waals surface area contributed by atoms with Crippen LogP contribution in [0.3, 0.4) is 0 Å². The van der Waals surface area contributed by atoms with E-state index >= 15 is 13.3 Å². The molecule has 0 aromatic heterocycles. The van der Waals surface area contributed by atoms with Crippen LogP contribution in [-0.2, 0) is 4.57 Å². The maximum Gasteiger partial charge on any atom is 0.216 e. The summed E-state index contributed by atoms with van der Waals surface area (Å²) in [5.74, 6) is -3.59. The number of benzene rings is 4. The Bertz CT molecular complexity index is 1440. The molecule has 2 fully saturated rings. The normalized spacial score (nSPS) is 21.5. The third-order valence-corrected chi connectivity index (χ3v) is 15.6. The number of hydrogen-bond acceptors (Lipinski definition) is 1. The van der Waals surface area contributed by atoms with Crippen LogP contribution in [0.25, 0.3) is 0 Å². The van der Waals surface area contributed by atoms with Gasteiger partial charge in [-0.1, -0.05) is 67.1 Å². The lowest BCUT2D eigenvalue weighted by atomic mass is 9.94. The molecule has 6 rings (SSSR count). The first-order valence-corrected chi connectivity index (χ1v) is 16.7. The van der Waals surface area contributed by atoms with Gasteiger partial charge in [0.25, 0.3) is 0 Å². The number of rotatable bonds is 7. The smallest absolute Gasteiger partial charge is 0.216 e. The molecule has 2 unspecified atom stereocenters. The highest BCUT2D eigenvalue weighted by molar-refractivity contribution is 7.84. The minimum atomic E-state index is -4.26. The fourth-order valence-electron chi connectivity index (χ4n) is 6.06. The minimum Gasteiger partial charge on any atom is -0.296 e. The molecule has 8 heteroatoms. The van der Waals surface area contributed by atoms with Crippen LogP contribution in [0.1, 0.15) is 54.5 Å². The highest BCUT2D eigenvalue weighted by atomic mass is 31.2. The van der Waals surface area contributed by atoms with Crippen molar-refractivity contribution in [3.8, 4) is 0 Å². The molecule has 2 nitrogen and oxygen atoms in total. The lowest BCUT2D eigenvalue weighted by Gasteiger charge is -2.49. The lowest BCUT2D eigenvalue weighted by molar-refractivity contribution is 0.304. The molecule has 4 aromatic rings. The largest absolute Gasteiger partial charge is 0.296 e. The molecule has 0 radical (unpaired) electrons. The van der Waals surface area contributed by atoms with E-state index in [0.717, 1.165) is 55.4 Å². The predicted octanol–water partition coefficient (Wildman–Crippen LogP) is 9.00. The second kappa shape index (κ2) is 11.2. The van der Waals surface area contributed by atoms with E-state index in [-0.39, 0.29) is 28.0 Å². The second-order valence-electron chi connectivity index (χ2n) is 10.5. The van der Waals surface area contributed by atoms with E-state index in [0.29, 0.717) is 12.1 Å². The SMILES string of the molecule is O=P(c1ccc(F)cc1F)(c1ccc(F)cc1F)N(C1CCC1)P1C(c2ccccc2)CCC1c1ccccc1. The van der Waals surface area contributed by atoms with Gasteiger partial charge >= 0.3 is 0 Å². The summed E-state index contributed by atoms with van der Waals surface area (Å²) in [5.41, 5.74) is 2.20. The molecule has 1 saturated heterocycles. The molecule has 1 heterocycles. The monoisotopic (exact) mass is 581 g/mol. The summed E-state index contributed by atoms with van der Waals surface area (Å²) in [4.78, 5) is 0. The molecular formula is C32H29F4NOP2. The minimum absolute atomic E-state index is 0.00218. The van der Waals surface area contributed by atoms with E-state index < -0.39 is 38.6 Å². The first kappa shape index (κ1) is 27.4. The fourth-order valence-corrected chi connectivity index (χ4v) is 14.6. The molecule has 1 aliphatic heterocycles. The third-order valence-electron chi connectivity index (χ3n) is 8.12. The van der Waals surface area contributed by atoms with Gasteiger partial charge in [0.1, 0.15) is 23.3 Å². The van der Waals surface area contributed by atoms with Gasteiger partial charge in [0.2, 0.25) is 7.29 Å². The summed E-state index contributed by atoms with van der Waals surface area (Å²) in [6.45, 7) is 0. The van der Waals surface area contributed by atoms with E-state index in [1.54, 1.807) is 0 Å². The lowest BCUT2D eigenvalue weighted by Crippen LogP contribution is -2.42. The Morgan fingerprint density at radius 3 is 1.45 bits per heavy atom. The highest BCUT2D eigenvalue weighted by Crippen LogP contribution is 2.79. The van der Waals surface area contributed by atoms with Crippen LogP contribution < -0.4 is 10.6 Å². The summed E-state index contributed by atoms with van der Waals surface area (Å²) in [6, 6.07) is 25.8. The van der Waals surface area contributed by atoms with Crippen LogP contribution in [-0.4, -0.2) is 10.5 Å². The zero-order valence-electron chi connectivity index (χ0n) is 21.8. The van der Waals surface area contributed by atoms with Crippen molar-refractivity contribution in [1.29, 1.82) is 0 Å². The van der Waals surface area contributed by atoms with Crippen LogP contribution in [0, 0.1) is 23.3 Å². The number of halogens is 4. The average Bonchev–Trinajstić information content (AvgIpc) is 3.36. The van der Waals surface area contributed by atoms with Crippen molar-refractivity contribution in [3.63, 3.8) is 0 Å². The van der Waals surface area contributed by atoms with E-state index in [2.05, 4.69) is 24.3 Å². The summed E-state index contributed by atoms with van der Waals surface area (Å²) in [6.07, 6.45) is 4.04. The fraction of sp³-hybridized carbons (Fsp3) is 0.250. The molecule has 2 atom stereocenters. The third kappa shape index (κ3) is 4.85. The second-order valence-corrected chi connectivity index (χ2v) is 15.8. The van der Waals surface area contributed by atoms with Crippen molar-refractivity contribution < 1.29 is 22.1 Å². The molecule has 206 valence electrons. The van der Waals surface area contributed by atoms with Gasteiger partial charge in [-0.15, -0.1) is 0 Å². The molecule has 4 aromatic carbocycles. The van der Waals surface area contributed by atoms with Crippen molar-refractivity contribution in [2.75, 3.05) is 0 Å². The number of hydrogen-bond donors (Lipinski definition) is 0. The molecular weight excluding hydrogens is 552 g/mol. The van der Waals surface area contributed by atoms with Gasteiger partial charge in [-0.05, 0) is 69.1 Å². The molecule has 40 heavy (non-hydrogen) atoms. The standard InChI is InChI=1S/C32H29F4NOP2/c33-24-14-18-31(27(35)20-24)40(38,32-19-15-25(34)21-28(32)36)37(26-12-7-13-26)39-29(22-8-3-1-4-9-22)16-17-30(39)23-10-5-2-6-11-23/h1-6,8-11,14-15,18-21,26,29-30H,7,12-13,16-17H2. The predicted molar refractivity (Wildman–Crippen MR) is 154 cm³/mol. The topological polar surface area (TPSA) is 20.3 Å². The van der Waals surface area contributed by atoms with Crippen LogP contribution in [0.15, 0.2) is 97.1 Å². The van der Waals surface area contributed by atoms with Crippen molar-refractivity contribution in [1.82, 2.24) is 4.44 Å². The van der Waals surface area contributed by atoms with E-state index in [9.17, 15) is 8.78 Å². The summed E-state index contributed by atoms with van der Waals surface area (Å²) >= 11 is 0. The van der Waals surface area contributed by atoms with Gasteiger partial charge < -0.3 is 0 Å². The number of nitrogens with zero attached hydrogens (tertiary/aromatic N) is 1. The van der Waals surface area contributed by atoms with Crippen LogP contribution in [0.5, 0.6) is 0 Å². The Morgan fingerprint density at radius 1 is 0.625 bits per heavy atom. The molecule has 2 aliphatic rings. The Hall–Kier alpha value is -2.78. The Labute approximate surface area is 233 Å². The molecule has 1 aliphatic carbocycles. The Morgan fingerprint density at radius 2 is 1.07 bits per heavy atom. The van der Waals surface area contributed by atoms with E-state index in [1.165, 1.54) is 12.1 Å². The first-order chi connectivity index (χ1) is 19.4. The summed E-state index contributed by atoms with van der Waals surface area (Å²) < 4.78 is 77.3.